The summed E-state index contributed by atoms with van der Waals surface area (Å²) in [6.45, 7) is 50.5. The molecule has 5 aromatic heterocycles. The van der Waals surface area contributed by atoms with Crippen molar-refractivity contribution in [3.05, 3.63) is 264 Å². The standard InChI is InChI=1S/3C21H28N.2C19H22N/c1-14-8-9-16(15(2)10-14)19-11-17-18(12-22(19)7)21(5,6)13-20(17,3)4;2*1-14-8-9-16(15(2)12-14)19-18-17(10-11-22(19)7)20(3,4)13-21(18,5)6;2*1-12-4-7-16(13(2)10-12)19-18-15-6-5-14(11-15)17(18)8-9-20(19)3/h3*8-12H,13H2,1-7H3;2*4,7-10,14-15H,5-6,11H2,1-3H3/q5*+1/i;;;14D,15D;. The van der Waals surface area contributed by atoms with Gasteiger partial charge >= 0.3 is 0 Å². The molecule has 4 bridgehead atoms. The van der Waals surface area contributed by atoms with Gasteiger partial charge in [-0.3, -0.25) is 0 Å². The minimum atomic E-state index is -0.581. The lowest BCUT2D eigenvalue weighted by atomic mass is 9.81. The van der Waals surface area contributed by atoms with Gasteiger partial charge in [0.25, 0.3) is 0 Å². The van der Waals surface area contributed by atoms with Gasteiger partial charge in [0.2, 0.25) is 28.5 Å². The average molecular weight is 1410 g/mol. The van der Waals surface area contributed by atoms with E-state index in [0.29, 0.717) is 6.42 Å². The predicted molar refractivity (Wildman–Crippen MR) is 443 cm³/mol. The Labute approximate surface area is 643 Å². The molecule has 7 aliphatic rings. The lowest BCUT2D eigenvalue weighted by Crippen LogP contribution is -2.34. The molecule has 0 spiro atoms. The summed E-state index contributed by atoms with van der Waals surface area (Å²) < 4.78 is 29.1. The third kappa shape index (κ3) is 13.9. The van der Waals surface area contributed by atoms with Gasteiger partial charge in [-0.05, 0) is 269 Å². The van der Waals surface area contributed by atoms with E-state index < -0.39 is 11.8 Å². The second-order valence-electron chi connectivity index (χ2n) is 37.9. The number of hydrogen-bond donors (Lipinski definition) is 0. The molecule has 0 aliphatic heterocycles. The number of rotatable bonds is 5. The third-order valence-electron chi connectivity index (χ3n) is 25.9. The zero-order valence-corrected chi connectivity index (χ0v) is 70.2. The van der Waals surface area contributed by atoms with Crippen molar-refractivity contribution in [2.75, 3.05) is 0 Å². The first-order chi connectivity index (χ1) is 50.4. The summed E-state index contributed by atoms with van der Waals surface area (Å²) in [4.78, 5) is 0. The summed E-state index contributed by atoms with van der Waals surface area (Å²) in [5, 5.41) is 0. The monoisotopic (exact) mass is 1410 g/mol. The Morgan fingerprint density at radius 1 is 0.302 bits per heavy atom. The minimum absolute atomic E-state index is 0.213. The molecule has 5 heterocycles. The van der Waals surface area contributed by atoms with E-state index in [9.17, 15) is 0 Å². The third-order valence-corrected chi connectivity index (χ3v) is 25.9. The van der Waals surface area contributed by atoms with E-state index >= 15 is 0 Å². The molecule has 5 heteroatoms. The Bertz CT molecular complexity index is 5000. The molecule has 0 amide bonds. The quantitative estimate of drug-likeness (QED) is 0.153. The molecule has 552 valence electrons. The summed E-state index contributed by atoms with van der Waals surface area (Å²) in [5.74, 6) is 0.514. The number of pyridine rings is 5. The predicted octanol–water partition coefficient (Wildman–Crippen LogP) is 22.6. The van der Waals surface area contributed by atoms with E-state index in [-0.39, 0.29) is 32.5 Å². The molecule has 4 atom stereocenters. The first-order valence-electron chi connectivity index (χ1n) is 40.9. The van der Waals surface area contributed by atoms with Crippen LogP contribution in [0, 0.1) is 69.2 Å². The number of aryl methyl sites for hydroxylation is 15. The van der Waals surface area contributed by atoms with Gasteiger partial charge in [-0.15, -0.1) is 0 Å². The summed E-state index contributed by atoms with van der Waals surface area (Å²) in [6.07, 6.45) is 21.2. The molecular formula is C101H128N5+5. The Kier molecular flexibility index (Phi) is 19.3. The highest BCUT2D eigenvalue weighted by atomic mass is 15.0. The molecule has 106 heavy (non-hydrogen) atoms. The molecule has 10 aromatic rings. The first-order valence-corrected chi connectivity index (χ1v) is 39.9. The van der Waals surface area contributed by atoms with Gasteiger partial charge < -0.3 is 0 Å². The van der Waals surface area contributed by atoms with Crippen LogP contribution in [0.2, 0.25) is 0 Å². The van der Waals surface area contributed by atoms with Gasteiger partial charge in [-0.2, -0.15) is 0 Å². The van der Waals surface area contributed by atoms with Crippen LogP contribution in [-0.2, 0) is 67.7 Å². The Hall–Kier alpha value is -8.15. The Morgan fingerprint density at radius 2 is 0.642 bits per heavy atom. The van der Waals surface area contributed by atoms with Crippen molar-refractivity contribution >= 4 is 0 Å². The van der Waals surface area contributed by atoms with Crippen molar-refractivity contribution < 1.29 is 25.6 Å². The molecule has 0 radical (unpaired) electrons. The minimum Gasteiger partial charge on any atom is -0.201 e. The van der Waals surface area contributed by atoms with Crippen LogP contribution in [0.5, 0.6) is 0 Å². The molecule has 0 N–H and O–H groups in total. The van der Waals surface area contributed by atoms with Gasteiger partial charge in [0.05, 0.1) is 0 Å². The molecule has 0 saturated heterocycles. The van der Waals surface area contributed by atoms with Crippen molar-refractivity contribution in [1.29, 1.82) is 0 Å². The fraction of sp³-hybridized carbons (Fsp3) is 0.455. The first kappa shape index (κ1) is 73.4. The molecule has 7 aliphatic carbocycles. The van der Waals surface area contributed by atoms with Crippen molar-refractivity contribution in [3.63, 3.8) is 0 Å². The zero-order chi connectivity index (χ0) is 78.4. The van der Waals surface area contributed by atoms with Crippen LogP contribution in [-0.4, -0.2) is 0 Å². The summed E-state index contributed by atoms with van der Waals surface area (Å²) in [5.41, 5.74) is 42.8. The van der Waals surface area contributed by atoms with E-state index in [1.807, 2.05) is 0 Å². The second kappa shape index (κ2) is 27.8. The van der Waals surface area contributed by atoms with Crippen molar-refractivity contribution in [2.45, 2.75) is 266 Å². The smallest absolute Gasteiger partial charge is 0.201 e. The molecule has 2 saturated carbocycles. The van der Waals surface area contributed by atoms with Crippen LogP contribution in [0.4, 0.5) is 0 Å². The van der Waals surface area contributed by atoms with Crippen LogP contribution >= 0.6 is 0 Å². The summed E-state index contributed by atoms with van der Waals surface area (Å²) in [7, 11) is 10.8. The molecular weight excluding hydrogens is 1280 g/mol. The van der Waals surface area contributed by atoms with Crippen molar-refractivity contribution in [3.8, 4) is 56.3 Å². The van der Waals surface area contributed by atoms with Gasteiger partial charge in [-0.1, -0.05) is 172 Å². The fourth-order valence-corrected chi connectivity index (χ4v) is 21.9. The highest BCUT2D eigenvalue weighted by Crippen LogP contribution is 2.58. The van der Waals surface area contributed by atoms with E-state index in [4.69, 9.17) is 2.74 Å². The lowest BCUT2D eigenvalue weighted by Gasteiger charge is -2.22. The maximum atomic E-state index is 8.94. The molecule has 2 fully saturated rings. The van der Waals surface area contributed by atoms with Gasteiger partial charge in [0.1, 0.15) is 35.2 Å². The van der Waals surface area contributed by atoms with Gasteiger partial charge in [0.15, 0.2) is 31.0 Å². The van der Waals surface area contributed by atoms with E-state index in [0.717, 1.165) is 41.5 Å². The number of hydrogen-bond acceptors (Lipinski definition) is 0. The number of nitrogens with zero attached hydrogens (tertiary/aromatic N) is 5. The van der Waals surface area contributed by atoms with Crippen molar-refractivity contribution in [1.82, 2.24) is 0 Å². The van der Waals surface area contributed by atoms with E-state index in [1.54, 1.807) is 11.1 Å². The molecule has 5 nitrogen and oxygen atoms in total. The second-order valence-corrected chi connectivity index (χ2v) is 37.9. The molecule has 17 rings (SSSR count). The van der Waals surface area contributed by atoms with Crippen LogP contribution in [0.25, 0.3) is 56.3 Å². The van der Waals surface area contributed by atoms with Crippen molar-refractivity contribution in [2.24, 2.45) is 35.2 Å². The molecule has 4 unspecified atom stereocenters. The highest BCUT2D eigenvalue weighted by molar-refractivity contribution is 5.73. The summed E-state index contributed by atoms with van der Waals surface area (Å²) in [6, 6.07) is 45.3. The zero-order valence-electron chi connectivity index (χ0n) is 72.2. The lowest BCUT2D eigenvalue weighted by molar-refractivity contribution is -0.661. The largest absolute Gasteiger partial charge is 0.216 e. The number of aromatic nitrogens is 5. The highest BCUT2D eigenvalue weighted by Gasteiger charge is 2.50. The van der Waals surface area contributed by atoms with Crippen LogP contribution < -0.4 is 22.8 Å². The van der Waals surface area contributed by atoms with Crippen LogP contribution in [0.3, 0.4) is 0 Å². The molecule has 5 aromatic carbocycles. The SMILES string of the molecule is Cc1ccc(-c2c3c(cc[n+]2C)C(C)(C)CC3(C)C)c(C)c1.Cc1ccc(-c2c3c(cc[n+]2C)C(C)(C)CC3(C)C)c(C)c1.Cc1ccc(-c2c3c(cc[n+]2C)C2CCC3C2)c(C)c1.Cc1ccc(-c2cc3c(c[n+]2C)C(C)(C)CC3(C)C)c(C)c1.[2H]C12CCC([2H])(C1)c1c2cc[n+](C)c1-c1ccc(C)cc1C. The van der Waals surface area contributed by atoms with Gasteiger partial charge in [0, 0.05) is 88.7 Å². The summed E-state index contributed by atoms with van der Waals surface area (Å²) >= 11 is 0. The number of benzene rings is 5. The Morgan fingerprint density at radius 3 is 1.08 bits per heavy atom. The average Bonchev–Trinajstić information content (AvgIpc) is 1.54. The van der Waals surface area contributed by atoms with Crippen LogP contribution in [0.15, 0.2) is 152 Å². The maximum absolute atomic E-state index is 8.94. The normalized spacial score (nSPS) is 21.8. The maximum Gasteiger partial charge on any atom is 0.216 e. The fourth-order valence-electron chi connectivity index (χ4n) is 21.9. The number of fused-ring (bicyclic) bond motifs is 13. The van der Waals surface area contributed by atoms with Crippen LogP contribution in [0.1, 0.15) is 279 Å². The Balaban J connectivity index is 0.000000119. The van der Waals surface area contributed by atoms with E-state index in [1.165, 1.54) is 178 Å². The topological polar surface area (TPSA) is 19.4 Å². The van der Waals surface area contributed by atoms with E-state index in [2.05, 4.69) is 363 Å². The van der Waals surface area contributed by atoms with Gasteiger partial charge in [-0.25, -0.2) is 22.8 Å².